The Kier molecular flexibility index (Phi) is 4.11. The van der Waals surface area contributed by atoms with Crippen molar-refractivity contribution in [2.45, 2.75) is 64.2 Å². The maximum Gasteiger partial charge on any atom is 0.0710 e. The van der Waals surface area contributed by atoms with Crippen LogP contribution in [0.3, 0.4) is 0 Å². The van der Waals surface area contributed by atoms with Gasteiger partial charge < -0.3 is 15.4 Å². The second-order valence-electron chi connectivity index (χ2n) is 6.56. The van der Waals surface area contributed by atoms with Crippen LogP contribution < -0.4 is 5.73 Å². The SMILES string of the molecule is CC(N)C1CCCN(CC2CCC(C)(C)O2)C1. The molecule has 0 amide bonds. The zero-order valence-corrected chi connectivity index (χ0v) is 11.6. The topological polar surface area (TPSA) is 38.5 Å². The van der Waals surface area contributed by atoms with Crippen LogP contribution >= 0.6 is 0 Å². The van der Waals surface area contributed by atoms with E-state index in [4.69, 9.17) is 10.5 Å². The van der Waals surface area contributed by atoms with Crippen molar-refractivity contribution in [2.75, 3.05) is 19.6 Å². The number of ether oxygens (including phenoxy) is 1. The first-order valence-corrected chi connectivity index (χ1v) is 7.12. The van der Waals surface area contributed by atoms with Crippen LogP contribution in [0.25, 0.3) is 0 Å². The highest BCUT2D eigenvalue weighted by molar-refractivity contribution is 4.85. The van der Waals surface area contributed by atoms with Crippen LogP contribution in [0.15, 0.2) is 0 Å². The van der Waals surface area contributed by atoms with E-state index in [-0.39, 0.29) is 5.60 Å². The summed E-state index contributed by atoms with van der Waals surface area (Å²) in [6, 6.07) is 0.332. The Morgan fingerprint density at radius 2 is 2.18 bits per heavy atom. The van der Waals surface area contributed by atoms with E-state index in [0.29, 0.717) is 18.1 Å². The lowest BCUT2D eigenvalue weighted by Gasteiger charge is -2.36. The van der Waals surface area contributed by atoms with Crippen molar-refractivity contribution >= 4 is 0 Å². The van der Waals surface area contributed by atoms with Gasteiger partial charge in [-0.05, 0) is 58.9 Å². The monoisotopic (exact) mass is 240 g/mol. The number of rotatable bonds is 3. The van der Waals surface area contributed by atoms with E-state index in [1.807, 2.05) is 0 Å². The molecule has 0 bridgehead atoms. The number of hydrogen-bond donors (Lipinski definition) is 1. The third-order valence-corrected chi connectivity index (χ3v) is 4.30. The molecule has 3 unspecified atom stereocenters. The Bertz CT molecular complexity index is 253. The molecule has 2 fully saturated rings. The first kappa shape index (κ1) is 13.3. The van der Waals surface area contributed by atoms with E-state index < -0.39 is 0 Å². The number of nitrogens with zero attached hydrogens (tertiary/aromatic N) is 1. The molecule has 0 aromatic heterocycles. The fraction of sp³-hybridized carbons (Fsp3) is 1.00. The molecule has 2 aliphatic rings. The van der Waals surface area contributed by atoms with Gasteiger partial charge in [0.15, 0.2) is 0 Å². The van der Waals surface area contributed by atoms with E-state index in [1.165, 1.54) is 32.2 Å². The third-order valence-electron chi connectivity index (χ3n) is 4.30. The van der Waals surface area contributed by atoms with Gasteiger partial charge in [0.05, 0.1) is 11.7 Å². The van der Waals surface area contributed by atoms with Crippen molar-refractivity contribution in [3.63, 3.8) is 0 Å². The fourth-order valence-electron chi connectivity index (χ4n) is 3.18. The maximum absolute atomic E-state index is 6.07. The van der Waals surface area contributed by atoms with Crippen LogP contribution in [-0.2, 0) is 4.74 Å². The molecule has 0 saturated carbocycles. The minimum Gasteiger partial charge on any atom is -0.371 e. The quantitative estimate of drug-likeness (QED) is 0.820. The van der Waals surface area contributed by atoms with Gasteiger partial charge in [0.2, 0.25) is 0 Å². The molecular formula is C14H28N2O. The molecule has 0 radical (unpaired) electrons. The normalized spacial score (nSPS) is 36.0. The molecule has 2 aliphatic heterocycles. The van der Waals surface area contributed by atoms with Crippen LogP contribution in [0.1, 0.15) is 46.5 Å². The van der Waals surface area contributed by atoms with Crippen molar-refractivity contribution in [3.8, 4) is 0 Å². The molecule has 2 N–H and O–H groups in total. The second kappa shape index (κ2) is 5.25. The largest absolute Gasteiger partial charge is 0.371 e. The molecule has 2 rings (SSSR count). The highest BCUT2D eigenvalue weighted by Crippen LogP contribution is 2.30. The Hall–Kier alpha value is -0.120. The molecule has 100 valence electrons. The van der Waals surface area contributed by atoms with Gasteiger partial charge in [-0.15, -0.1) is 0 Å². The molecule has 0 aromatic rings. The Balaban J connectivity index is 1.79. The summed E-state index contributed by atoms with van der Waals surface area (Å²) < 4.78 is 6.07. The van der Waals surface area contributed by atoms with Gasteiger partial charge in [0, 0.05) is 19.1 Å². The molecule has 0 spiro atoms. The zero-order chi connectivity index (χ0) is 12.5. The number of hydrogen-bond acceptors (Lipinski definition) is 3. The summed E-state index contributed by atoms with van der Waals surface area (Å²) in [5.74, 6) is 0.679. The van der Waals surface area contributed by atoms with Crippen LogP contribution in [0.2, 0.25) is 0 Å². The first-order chi connectivity index (χ1) is 7.96. The standard InChI is InChI=1S/C14H28N2O/c1-11(15)12-5-4-8-16(9-12)10-13-6-7-14(2,3)17-13/h11-13H,4-10,15H2,1-3H3. The molecule has 0 aromatic carbocycles. The predicted molar refractivity (Wildman–Crippen MR) is 71.0 cm³/mol. The van der Waals surface area contributed by atoms with E-state index in [2.05, 4.69) is 25.7 Å². The predicted octanol–water partition coefficient (Wildman–Crippen LogP) is 2.00. The smallest absolute Gasteiger partial charge is 0.0710 e. The van der Waals surface area contributed by atoms with Crippen LogP contribution in [0.5, 0.6) is 0 Å². The van der Waals surface area contributed by atoms with Crippen molar-refractivity contribution in [3.05, 3.63) is 0 Å². The van der Waals surface area contributed by atoms with E-state index in [0.717, 1.165) is 13.1 Å². The maximum atomic E-state index is 6.07. The number of piperidine rings is 1. The van der Waals surface area contributed by atoms with Crippen molar-refractivity contribution in [2.24, 2.45) is 11.7 Å². The molecule has 0 aliphatic carbocycles. The van der Waals surface area contributed by atoms with E-state index in [1.54, 1.807) is 0 Å². The minimum atomic E-state index is 0.0982. The first-order valence-electron chi connectivity index (χ1n) is 7.12. The van der Waals surface area contributed by atoms with Crippen molar-refractivity contribution in [1.82, 2.24) is 4.90 Å². The summed E-state index contributed by atoms with van der Waals surface area (Å²) in [4.78, 5) is 2.56. The van der Waals surface area contributed by atoms with Gasteiger partial charge in [-0.1, -0.05) is 0 Å². The fourth-order valence-corrected chi connectivity index (χ4v) is 3.18. The lowest BCUT2D eigenvalue weighted by atomic mass is 9.92. The van der Waals surface area contributed by atoms with Gasteiger partial charge >= 0.3 is 0 Å². The lowest BCUT2D eigenvalue weighted by Crippen LogP contribution is -2.45. The number of nitrogens with two attached hydrogens (primary N) is 1. The zero-order valence-electron chi connectivity index (χ0n) is 11.6. The van der Waals surface area contributed by atoms with Crippen molar-refractivity contribution in [1.29, 1.82) is 0 Å². The van der Waals surface area contributed by atoms with Crippen molar-refractivity contribution < 1.29 is 4.74 Å². The van der Waals surface area contributed by atoms with Gasteiger partial charge in [-0.2, -0.15) is 0 Å². The summed E-state index contributed by atoms with van der Waals surface area (Å²) in [7, 11) is 0. The summed E-state index contributed by atoms with van der Waals surface area (Å²) in [5.41, 5.74) is 6.12. The molecular weight excluding hydrogens is 212 g/mol. The second-order valence-corrected chi connectivity index (χ2v) is 6.56. The molecule has 3 heteroatoms. The van der Waals surface area contributed by atoms with Gasteiger partial charge in [-0.3, -0.25) is 0 Å². The molecule has 2 saturated heterocycles. The van der Waals surface area contributed by atoms with Gasteiger partial charge in [0.1, 0.15) is 0 Å². The highest BCUT2D eigenvalue weighted by Gasteiger charge is 2.33. The molecule has 3 nitrogen and oxygen atoms in total. The third kappa shape index (κ3) is 3.67. The Labute approximate surface area is 106 Å². The summed E-state index contributed by atoms with van der Waals surface area (Å²) >= 11 is 0. The number of likely N-dealkylation sites (tertiary alicyclic amines) is 1. The van der Waals surface area contributed by atoms with E-state index >= 15 is 0 Å². The minimum absolute atomic E-state index is 0.0982. The summed E-state index contributed by atoms with van der Waals surface area (Å²) in [6.45, 7) is 10.0. The van der Waals surface area contributed by atoms with E-state index in [9.17, 15) is 0 Å². The average Bonchev–Trinajstić information content (AvgIpc) is 2.58. The highest BCUT2D eigenvalue weighted by atomic mass is 16.5. The molecule has 2 heterocycles. The lowest BCUT2D eigenvalue weighted by molar-refractivity contribution is -0.0334. The van der Waals surface area contributed by atoms with Crippen LogP contribution in [0, 0.1) is 5.92 Å². The summed E-state index contributed by atoms with van der Waals surface area (Å²) in [6.07, 6.45) is 5.44. The van der Waals surface area contributed by atoms with Crippen LogP contribution in [-0.4, -0.2) is 42.3 Å². The molecule has 17 heavy (non-hydrogen) atoms. The van der Waals surface area contributed by atoms with Gasteiger partial charge in [0.25, 0.3) is 0 Å². The average molecular weight is 240 g/mol. The van der Waals surface area contributed by atoms with Gasteiger partial charge in [-0.25, -0.2) is 0 Å². The summed E-state index contributed by atoms with van der Waals surface area (Å²) in [5, 5.41) is 0. The Morgan fingerprint density at radius 3 is 2.76 bits per heavy atom. The Morgan fingerprint density at radius 1 is 1.41 bits per heavy atom. The molecule has 3 atom stereocenters. The van der Waals surface area contributed by atoms with Crippen LogP contribution in [0.4, 0.5) is 0 Å².